The Labute approximate surface area is 118 Å². The van der Waals surface area contributed by atoms with Gasteiger partial charge in [0.2, 0.25) is 0 Å². The Hall–Kier alpha value is -1.30. The van der Waals surface area contributed by atoms with E-state index in [9.17, 15) is 0 Å². The molecule has 1 aliphatic rings. The lowest BCUT2D eigenvalue weighted by molar-refractivity contribution is 0.376. The molecule has 0 amide bonds. The SMILES string of the molecule is C/C=C/C=C/C1CCC(c2ccc(CC)cc2)CC1. The highest BCUT2D eigenvalue weighted by Gasteiger charge is 2.20. The van der Waals surface area contributed by atoms with Crippen molar-refractivity contribution in [3.63, 3.8) is 0 Å². The fraction of sp³-hybridized carbons (Fsp3) is 0.474. The van der Waals surface area contributed by atoms with Crippen molar-refractivity contribution < 1.29 is 0 Å². The molecule has 0 nitrogen and oxygen atoms in total. The lowest BCUT2D eigenvalue weighted by atomic mass is 9.78. The molecule has 1 aliphatic carbocycles. The van der Waals surface area contributed by atoms with E-state index in [1.807, 2.05) is 0 Å². The number of rotatable bonds is 4. The van der Waals surface area contributed by atoms with Crippen molar-refractivity contribution in [2.45, 2.75) is 51.9 Å². The predicted molar refractivity (Wildman–Crippen MR) is 84.5 cm³/mol. The van der Waals surface area contributed by atoms with E-state index in [0.29, 0.717) is 0 Å². The van der Waals surface area contributed by atoms with Crippen molar-refractivity contribution in [3.8, 4) is 0 Å². The summed E-state index contributed by atoms with van der Waals surface area (Å²) in [4.78, 5) is 0. The molecule has 0 N–H and O–H groups in total. The molecule has 19 heavy (non-hydrogen) atoms. The average Bonchev–Trinajstić information content (AvgIpc) is 2.48. The molecule has 0 aromatic heterocycles. The van der Waals surface area contributed by atoms with Gasteiger partial charge in [-0.15, -0.1) is 0 Å². The largest absolute Gasteiger partial charge is 0.0877 e. The van der Waals surface area contributed by atoms with Crippen LogP contribution in [0.1, 0.15) is 56.6 Å². The second-order valence-electron chi connectivity index (χ2n) is 5.62. The topological polar surface area (TPSA) is 0 Å². The molecular formula is C19H26. The van der Waals surface area contributed by atoms with E-state index in [-0.39, 0.29) is 0 Å². The highest BCUT2D eigenvalue weighted by atomic mass is 14.2. The first kappa shape index (κ1) is 14.1. The van der Waals surface area contributed by atoms with Crippen LogP contribution in [0, 0.1) is 5.92 Å². The van der Waals surface area contributed by atoms with E-state index in [1.54, 1.807) is 5.56 Å². The van der Waals surface area contributed by atoms with Gasteiger partial charge in [0, 0.05) is 0 Å². The molecule has 1 fully saturated rings. The lowest BCUT2D eigenvalue weighted by Crippen LogP contribution is -2.11. The molecular weight excluding hydrogens is 228 g/mol. The minimum Gasteiger partial charge on any atom is -0.0877 e. The zero-order chi connectivity index (χ0) is 13.5. The maximum absolute atomic E-state index is 2.39. The van der Waals surface area contributed by atoms with E-state index in [4.69, 9.17) is 0 Å². The molecule has 0 unspecified atom stereocenters. The third-order valence-corrected chi connectivity index (χ3v) is 4.32. The van der Waals surface area contributed by atoms with Crippen LogP contribution in [-0.4, -0.2) is 0 Å². The van der Waals surface area contributed by atoms with Crippen molar-refractivity contribution in [2.24, 2.45) is 5.92 Å². The van der Waals surface area contributed by atoms with Crippen molar-refractivity contribution >= 4 is 0 Å². The summed E-state index contributed by atoms with van der Waals surface area (Å²) in [6.07, 6.45) is 15.3. The van der Waals surface area contributed by atoms with Gasteiger partial charge in [0.25, 0.3) is 0 Å². The first-order chi connectivity index (χ1) is 9.33. The van der Waals surface area contributed by atoms with Gasteiger partial charge in [-0.3, -0.25) is 0 Å². The summed E-state index contributed by atoms with van der Waals surface area (Å²) in [5.74, 6) is 1.58. The second-order valence-corrected chi connectivity index (χ2v) is 5.62. The molecule has 0 atom stereocenters. The minimum atomic E-state index is 0.789. The maximum Gasteiger partial charge on any atom is -0.0162 e. The Kier molecular flexibility index (Phi) is 5.44. The number of hydrogen-bond acceptors (Lipinski definition) is 0. The van der Waals surface area contributed by atoms with E-state index < -0.39 is 0 Å². The fourth-order valence-corrected chi connectivity index (χ4v) is 3.00. The van der Waals surface area contributed by atoms with Gasteiger partial charge < -0.3 is 0 Å². The summed E-state index contributed by atoms with van der Waals surface area (Å²) in [6, 6.07) is 9.29. The quantitative estimate of drug-likeness (QED) is 0.609. The van der Waals surface area contributed by atoms with Crippen LogP contribution >= 0.6 is 0 Å². The average molecular weight is 254 g/mol. The molecule has 0 spiro atoms. The molecule has 2 rings (SSSR count). The van der Waals surface area contributed by atoms with Gasteiger partial charge >= 0.3 is 0 Å². The standard InChI is InChI=1S/C19H26/c1-3-5-6-7-17-10-14-19(15-11-17)18-12-8-16(4-2)9-13-18/h3,5-9,12-13,17,19H,4,10-11,14-15H2,1-2H3/b5-3+,7-6+. The van der Waals surface area contributed by atoms with Gasteiger partial charge in [-0.2, -0.15) is 0 Å². The van der Waals surface area contributed by atoms with E-state index >= 15 is 0 Å². The van der Waals surface area contributed by atoms with Crippen LogP contribution in [0.3, 0.4) is 0 Å². The zero-order valence-electron chi connectivity index (χ0n) is 12.3. The predicted octanol–water partition coefficient (Wildman–Crippen LogP) is 5.66. The van der Waals surface area contributed by atoms with Gasteiger partial charge in [0.15, 0.2) is 0 Å². The van der Waals surface area contributed by atoms with Crippen LogP contribution in [0.4, 0.5) is 0 Å². The van der Waals surface area contributed by atoms with Gasteiger partial charge in [-0.1, -0.05) is 55.5 Å². The summed E-state index contributed by atoms with van der Waals surface area (Å²) in [5.41, 5.74) is 3.00. The first-order valence-electron chi connectivity index (χ1n) is 7.71. The molecule has 0 radical (unpaired) electrons. The number of hydrogen-bond donors (Lipinski definition) is 0. The summed E-state index contributed by atoms with van der Waals surface area (Å²) >= 11 is 0. The molecule has 0 heteroatoms. The Morgan fingerprint density at radius 1 is 1.00 bits per heavy atom. The van der Waals surface area contributed by atoms with Crippen molar-refractivity contribution in [1.82, 2.24) is 0 Å². The summed E-state index contributed by atoms with van der Waals surface area (Å²) in [7, 11) is 0. The van der Waals surface area contributed by atoms with Gasteiger partial charge in [0.05, 0.1) is 0 Å². The fourth-order valence-electron chi connectivity index (χ4n) is 3.00. The highest BCUT2D eigenvalue weighted by Crippen LogP contribution is 2.36. The van der Waals surface area contributed by atoms with Crippen LogP contribution in [-0.2, 0) is 6.42 Å². The van der Waals surface area contributed by atoms with Crippen LogP contribution in [0.15, 0.2) is 48.6 Å². The Morgan fingerprint density at radius 3 is 2.26 bits per heavy atom. The van der Waals surface area contributed by atoms with Crippen molar-refractivity contribution in [2.75, 3.05) is 0 Å². The van der Waals surface area contributed by atoms with Crippen molar-refractivity contribution in [1.29, 1.82) is 0 Å². The van der Waals surface area contributed by atoms with Crippen molar-refractivity contribution in [3.05, 3.63) is 59.7 Å². The third kappa shape index (κ3) is 4.09. The van der Waals surface area contributed by atoms with Crippen LogP contribution in [0.2, 0.25) is 0 Å². The zero-order valence-corrected chi connectivity index (χ0v) is 12.3. The van der Waals surface area contributed by atoms with E-state index in [0.717, 1.165) is 18.3 Å². The van der Waals surface area contributed by atoms with Crippen LogP contribution < -0.4 is 0 Å². The van der Waals surface area contributed by atoms with Gasteiger partial charge in [-0.25, -0.2) is 0 Å². The lowest BCUT2D eigenvalue weighted by Gasteiger charge is -2.27. The second kappa shape index (κ2) is 7.33. The molecule has 0 bridgehead atoms. The number of allylic oxidation sites excluding steroid dienone is 4. The summed E-state index contributed by atoms with van der Waals surface area (Å²) < 4.78 is 0. The van der Waals surface area contributed by atoms with Crippen LogP contribution in [0.5, 0.6) is 0 Å². The molecule has 1 aromatic rings. The maximum atomic E-state index is 2.39. The Morgan fingerprint density at radius 2 is 1.68 bits per heavy atom. The summed E-state index contributed by atoms with van der Waals surface area (Å²) in [6.45, 7) is 4.29. The molecule has 0 aliphatic heterocycles. The number of aryl methyl sites for hydroxylation is 1. The third-order valence-electron chi connectivity index (χ3n) is 4.32. The molecule has 0 heterocycles. The minimum absolute atomic E-state index is 0.789. The highest BCUT2D eigenvalue weighted by molar-refractivity contribution is 5.26. The Balaban J connectivity index is 1.88. The van der Waals surface area contributed by atoms with E-state index in [1.165, 1.54) is 31.2 Å². The normalized spacial score (nSPS) is 24.3. The monoisotopic (exact) mass is 254 g/mol. The molecule has 1 saturated carbocycles. The van der Waals surface area contributed by atoms with E-state index in [2.05, 4.69) is 62.4 Å². The molecule has 1 aromatic carbocycles. The van der Waals surface area contributed by atoms with Gasteiger partial charge in [-0.05, 0) is 62.0 Å². The number of benzene rings is 1. The Bertz CT molecular complexity index is 414. The molecule has 102 valence electrons. The van der Waals surface area contributed by atoms with Gasteiger partial charge in [0.1, 0.15) is 0 Å². The first-order valence-corrected chi connectivity index (χ1v) is 7.71. The van der Waals surface area contributed by atoms with Crippen LogP contribution in [0.25, 0.3) is 0 Å². The summed E-state index contributed by atoms with van der Waals surface area (Å²) in [5, 5.41) is 0. The smallest absolute Gasteiger partial charge is 0.0162 e. The molecule has 0 saturated heterocycles.